The van der Waals surface area contributed by atoms with Gasteiger partial charge in [0.1, 0.15) is 11.6 Å². The molecule has 13 heteroatoms. The van der Waals surface area contributed by atoms with Gasteiger partial charge in [0.2, 0.25) is 5.65 Å². The summed E-state index contributed by atoms with van der Waals surface area (Å²) in [5.74, 6) is 0. The molecule has 2 aromatic rings. The summed E-state index contributed by atoms with van der Waals surface area (Å²) in [6.45, 7) is -0.409. The first-order chi connectivity index (χ1) is 10.3. The predicted molar refractivity (Wildman–Crippen MR) is 68.5 cm³/mol. The maximum absolute atomic E-state index is 11.9. The van der Waals surface area contributed by atoms with Crippen LogP contribution in [-0.2, 0) is 13.8 Å². The van der Waals surface area contributed by atoms with Crippen molar-refractivity contribution in [3.05, 3.63) is 16.7 Å². The molecule has 1 aliphatic rings. The van der Waals surface area contributed by atoms with E-state index >= 15 is 0 Å². The highest BCUT2D eigenvalue weighted by atomic mass is 31.2. The van der Waals surface area contributed by atoms with Crippen LogP contribution in [0.1, 0.15) is 12.6 Å². The van der Waals surface area contributed by atoms with E-state index in [0.717, 1.165) is 4.57 Å². The van der Waals surface area contributed by atoms with Gasteiger partial charge in [-0.25, -0.2) is 9.36 Å². The summed E-state index contributed by atoms with van der Waals surface area (Å²) in [7, 11) is -4.63. The van der Waals surface area contributed by atoms with Crippen molar-refractivity contribution in [3.63, 3.8) is 0 Å². The number of ether oxygens (including phenoxy) is 1. The van der Waals surface area contributed by atoms with Gasteiger partial charge in [0.05, 0.1) is 12.7 Å². The van der Waals surface area contributed by atoms with Crippen LogP contribution in [0.5, 0.6) is 0 Å². The molecule has 1 saturated heterocycles. The van der Waals surface area contributed by atoms with Gasteiger partial charge < -0.3 is 19.6 Å². The van der Waals surface area contributed by atoms with Gasteiger partial charge in [0, 0.05) is 12.6 Å². The van der Waals surface area contributed by atoms with Gasteiger partial charge in [-0.1, -0.05) is 5.21 Å². The highest BCUT2D eigenvalue weighted by Crippen LogP contribution is 2.38. The summed E-state index contributed by atoms with van der Waals surface area (Å²) in [5.41, 5.74) is -0.178. The SMILES string of the molecule is O=c1nc2nn[nH]c2cn1[C@@H]1O[C@H](COP(=O)(O)O)C[C@H]1O. The van der Waals surface area contributed by atoms with Gasteiger partial charge in [-0.15, -0.1) is 5.10 Å². The van der Waals surface area contributed by atoms with E-state index in [4.69, 9.17) is 14.5 Å². The van der Waals surface area contributed by atoms with Crippen LogP contribution in [0.4, 0.5) is 0 Å². The summed E-state index contributed by atoms with van der Waals surface area (Å²) >= 11 is 0. The summed E-state index contributed by atoms with van der Waals surface area (Å²) in [6, 6.07) is 0. The molecule has 2 aromatic heterocycles. The van der Waals surface area contributed by atoms with Gasteiger partial charge in [0.15, 0.2) is 6.23 Å². The van der Waals surface area contributed by atoms with Crippen molar-refractivity contribution in [1.29, 1.82) is 0 Å². The van der Waals surface area contributed by atoms with Crippen molar-refractivity contribution in [2.75, 3.05) is 6.61 Å². The quantitative estimate of drug-likeness (QED) is 0.471. The number of rotatable bonds is 4. The number of aromatic amines is 1. The molecule has 4 N–H and O–H groups in total. The maximum Gasteiger partial charge on any atom is 0.469 e. The Hall–Kier alpha value is -1.69. The van der Waals surface area contributed by atoms with Crippen LogP contribution >= 0.6 is 7.82 Å². The lowest BCUT2D eigenvalue weighted by Crippen LogP contribution is -2.31. The Labute approximate surface area is 121 Å². The standard InChI is InChI=1S/C9H12N5O7P/c15-6-1-4(3-20-22(17,18)19)21-8(6)14-2-5-7(10-9(14)16)12-13-11-5/h2,4,6,8,15H,1,3H2,(H2,17,18,19)(H,10,11,12,16)/t4-,6+,8+/m0/s1. The molecule has 0 unspecified atom stereocenters. The van der Waals surface area contributed by atoms with Crippen molar-refractivity contribution in [2.24, 2.45) is 0 Å². The van der Waals surface area contributed by atoms with E-state index in [2.05, 4.69) is 24.9 Å². The first-order valence-electron chi connectivity index (χ1n) is 6.17. The number of phosphoric ester groups is 1. The Morgan fingerprint density at radius 3 is 3.05 bits per heavy atom. The smallest absolute Gasteiger partial charge is 0.388 e. The fourth-order valence-corrected chi connectivity index (χ4v) is 2.55. The first kappa shape index (κ1) is 15.2. The number of phosphoric acid groups is 1. The van der Waals surface area contributed by atoms with Crippen molar-refractivity contribution < 1.29 is 28.7 Å². The maximum atomic E-state index is 11.9. The molecule has 0 spiro atoms. The normalized spacial score (nSPS) is 25.9. The molecular weight excluding hydrogens is 321 g/mol. The average Bonchev–Trinajstić information content (AvgIpc) is 3.00. The second kappa shape index (κ2) is 5.50. The van der Waals surface area contributed by atoms with Crippen molar-refractivity contribution in [1.82, 2.24) is 25.0 Å². The third-order valence-corrected chi connectivity index (χ3v) is 3.60. The molecule has 22 heavy (non-hydrogen) atoms. The molecule has 0 saturated carbocycles. The van der Waals surface area contributed by atoms with Crippen LogP contribution in [0, 0.1) is 0 Å². The van der Waals surface area contributed by atoms with Gasteiger partial charge in [-0.05, 0) is 0 Å². The van der Waals surface area contributed by atoms with Crippen LogP contribution in [0.3, 0.4) is 0 Å². The zero-order valence-corrected chi connectivity index (χ0v) is 11.8. The second-order valence-corrected chi connectivity index (χ2v) is 5.96. The summed E-state index contributed by atoms with van der Waals surface area (Å²) < 4.78 is 21.5. The number of aliphatic hydroxyl groups is 1. The number of aromatic nitrogens is 5. The molecule has 1 fully saturated rings. The van der Waals surface area contributed by atoms with Crippen LogP contribution in [-0.4, -0.2) is 58.7 Å². The van der Waals surface area contributed by atoms with Crippen molar-refractivity contribution >= 4 is 19.0 Å². The van der Waals surface area contributed by atoms with Crippen LogP contribution in [0.15, 0.2) is 11.0 Å². The van der Waals surface area contributed by atoms with Gasteiger partial charge in [0.25, 0.3) is 0 Å². The summed E-state index contributed by atoms with van der Waals surface area (Å²) in [5, 5.41) is 19.6. The van der Waals surface area contributed by atoms with Crippen molar-refractivity contribution in [3.8, 4) is 0 Å². The van der Waals surface area contributed by atoms with Crippen LogP contribution in [0.2, 0.25) is 0 Å². The lowest BCUT2D eigenvalue weighted by molar-refractivity contribution is -0.0522. The van der Waals surface area contributed by atoms with Crippen molar-refractivity contribution in [2.45, 2.75) is 24.9 Å². The first-order valence-corrected chi connectivity index (χ1v) is 7.70. The van der Waals surface area contributed by atoms with E-state index in [1.165, 1.54) is 6.20 Å². The van der Waals surface area contributed by atoms with Crippen LogP contribution in [0.25, 0.3) is 11.2 Å². The number of H-pyrrole nitrogens is 1. The average molecular weight is 333 g/mol. The van der Waals surface area contributed by atoms with Gasteiger partial charge >= 0.3 is 13.5 Å². The molecule has 0 amide bonds. The second-order valence-electron chi connectivity index (χ2n) is 4.72. The number of nitrogens with one attached hydrogen (secondary N) is 1. The minimum Gasteiger partial charge on any atom is -0.388 e. The zero-order chi connectivity index (χ0) is 15.9. The topological polar surface area (TPSA) is 173 Å². The lowest BCUT2D eigenvalue weighted by Gasteiger charge is -2.17. The van der Waals surface area contributed by atoms with Gasteiger partial charge in [-0.3, -0.25) is 14.2 Å². The molecule has 3 atom stereocenters. The third-order valence-electron chi connectivity index (χ3n) is 3.11. The van der Waals surface area contributed by atoms with E-state index < -0.39 is 38.6 Å². The fraction of sp³-hybridized carbons (Fsp3) is 0.556. The predicted octanol–water partition coefficient (Wildman–Crippen LogP) is -1.73. The van der Waals surface area contributed by atoms with Gasteiger partial charge in [-0.2, -0.15) is 4.98 Å². The third kappa shape index (κ3) is 3.06. The molecule has 0 aromatic carbocycles. The Kier molecular flexibility index (Phi) is 3.80. The highest BCUT2D eigenvalue weighted by Gasteiger charge is 2.37. The minimum atomic E-state index is -4.63. The Balaban J connectivity index is 1.80. The van der Waals surface area contributed by atoms with E-state index in [1.807, 2.05) is 0 Å². The molecule has 1 aliphatic heterocycles. The molecule has 0 aliphatic carbocycles. The fourth-order valence-electron chi connectivity index (χ4n) is 2.19. The summed E-state index contributed by atoms with van der Waals surface area (Å²) in [6.07, 6.45) is -1.47. The van der Waals surface area contributed by atoms with Crippen LogP contribution < -0.4 is 5.69 Å². The number of fused-ring (bicyclic) bond motifs is 1. The largest absolute Gasteiger partial charge is 0.469 e. The Morgan fingerprint density at radius 1 is 1.55 bits per heavy atom. The van der Waals surface area contributed by atoms with E-state index in [-0.39, 0.29) is 12.1 Å². The molecule has 0 radical (unpaired) electrons. The minimum absolute atomic E-state index is 0.0520. The Bertz CT molecular complexity index is 784. The number of hydrogen-bond acceptors (Lipinski definition) is 8. The van der Waals surface area contributed by atoms with E-state index in [0.29, 0.717) is 5.52 Å². The number of hydrogen-bond donors (Lipinski definition) is 4. The lowest BCUT2D eigenvalue weighted by atomic mass is 10.2. The molecule has 3 heterocycles. The number of aliphatic hydroxyl groups excluding tert-OH is 1. The zero-order valence-electron chi connectivity index (χ0n) is 10.9. The highest BCUT2D eigenvalue weighted by molar-refractivity contribution is 7.46. The molecule has 0 bridgehead atoms. The molecule has 12 nitrogen and oxygen atoms in total. The molecule has 3 rings (SSSR count). The Morgan fingerprint density at radius 2 is 2.32 bits per heavy atom. The van der Waals surface area contributed by atoms with E-state index in [1.54, 1.807) is 0 Å². The number of nitrogens with zero attached hydrogens (tertiary/aromatic N) is 4. The molecule has 120 valence electrons. The van der Waals surface area contributed by atoms with E-state index in [9.17, 15) is 14.5 Å². The summed E-state index contributed by atoms with van der Waals surface area (Å²) in [4.78, 5) is 32.9. The molecular formula is C9H12N5O7P. The monoisotopic (exact) mass is 333 g/mol.